The van der Waals surface area contributed by atoms with Gasteiger partial charge in [-0.05, 0) is 24.3 Å². The fourth-order valence-corrected chi connectivity index (χ4v) is 1.74. The van der Waals surface area contributed by atoms with Crippen molar-refractivity contribution < 1.29 is 4.79 Å². The van der Waals surface area contributed by atoms with Gasteiger partial charge in [0.25, 0.3) is 0 Å². The molecule has 2 rings (SSSR count). The molecule has 0 aliphatic carbocycles. The summed E-state index contributed by atoms with van der Waals surface area (Å²) < 4.78 is 0. The van der Waals surface area contributed by atoms with E-state index in [2.05, 4.69) is 10.2 Å². The van der Waals surface area contributed by atoms with Crippen LogP contribution in [0.5, 0.6) is 0 Å². The molecular weight excluding hydrogens is 224 g/mol. The van der Waals surface area contributed by atoms with Crippen LogP contribution in [0.25, 0.3) is 0 Å². The minimum atomic E-state index is -0.0353. The van der Waals surface area contributed by atoms with Gasteiger partial charge in [0.15, 0.2) is 0 Å². The molecule has 0 spiro atoms. The van der Waals surface area contributed by atoms with Crippen molar-refractivity contribution in [3.05, 3.63) is 60.7 Å². The van der Waals surface area contributed by atoms with E-state index in [-0.39, 0.29) is 5.91 Å². The van der Waals surface area contributed by atoms with E-state index in [1.165, 1.54) is 6.92 Å². The average molecular weight is 240 g/mol. The second-order valence-electron chi connectivity index (χ2n) is 3.99. The minimum Gasteiger partial charge on any atom is -0.338 e. The van der Waals surface area contributed by atoms with Gasteiger partial charge in [0, 0.05) is 18.3 Å². The van der Waals surface area contributed by atoms with Gasteiger partial charge in [0.2, 0.25) is 5.91 Å². The van der Waals surface area contributed by atoms with Crippen LogP contribution < -0.4 is 10.2 Å². The van der Waals surface area contributed by atoms with Gasteiger partial charge in [0.1, 0.15) is 0 Å². The van der Waals surface area contributed by atoms with Crippen molar-refractivity contribution in [3.63, 3.8) is 0 Å². The van der Waals surface area contributed by atoms with Crippen LogP contribution >= 0.6 is 0 Å². The fourth-order valence-electron chi connectivity index (χ4n) is 1.74. The Balaban J connectivity index is 2.26. The molecule has 3 nitrogen and oxygen atoms in total. The molecular formula is C15H16N2O. The van der Waals surface area contributed by atoms with Gasteiger partial charge in [-0.3, -0.25) is 4.79 Å². The molecule has 3 heteroatoms. The lowest BCUT2D eigenvalue weighted by Crippen LogP contribution is -2.33. The van der Waals surface area contributed by atoms with E-state index >= 15 is 0 Å². The molecule has 1 N–H and O–H groups in total. The van der Waals surface area contributed by atoms with Crippen LogP contribution in [0.15, 0.2) is 60.7 Å². The Kier molecular flexibility index (Phi) is 3.97. The number of amides is 1. The van der Waals surface area contributed by atoms with Gasteiger partial charge in [-0.1, -0.05) is 36.4 Å². The van der Waals surface area contributed by atoms with Gasteiger partial charge >= 0.3 is 0 Å². The predicted octanol–water partition coefficient (Wildman–Crippen LogP) is 2.92. The summed E-state index contributed by atoms with van der Waals surface area (Å²) in [5.74, 6) is -0.0353. The van der Waals surface area contributed by atoms with Crippen LogP contribution in [-0.4, -0.2) is 12.6 Å². The van der Waals surface area contributed by atoms with Crippen molar-refractivity contribution in [1.82, 2.24) is 5.32 Å². The topological polar surface area (TPSA) is 32.3 Å². The number of carbonyl (C=O) groups is 1. The Morgan fingerprint density at radius 3 is 1.78 bits per heavy atom. The summed E-state index contributed by atoms with van der Waals surface area (Å²) in [5, 5.41) is 2.83. The van der Waals surface area contributed by atoms with E-state index in [1.54, 1.807) is 0 Å². The first-order valence-corrected chi connectivity index (χ1v) is 5.89. The van der Waals surface area contributed by atoms with E-state index in [9.17, 15) is 4.79 Å². The number of para-hydroxylation sites is 2. The van der Waals surface area contributed by atoms with Gasteiger partial charge in [-0.2, -0.15) is 0 Å². The molecule has 1 amide bonds. The molecule has 2 aromatic rings. The van der Waals surface area contributed by atoms with Crippen molar-refractivity contribution in [2.75, 3.05) is 11.6 Å². The van der Waals surface area contributed by atoms with Gasteiger partial charge in [-0.15, -0.1) is 0 Å². The number of hydrogen-bond donors (Lipinski definition) is 1. The Bertz CT molecular complexity index is 457. The maximum absolute atomic E-state index is 11.1. The molecule has 0 fully saturated rings. The highest BCUT2D eigenvalue weighted by atomic mass is 16.1. The van der Waals surface area contributed by atoms with Crippen LogP contribution in [0.4, 0.5) is 11.4 Å². The number of rotatable bonds is 4. The standard InChI is InChI=1S/C15H16N2O/c1-13(18)16-12-17(14-8-4-2-5-9-14)15-10-6-3-7-11-15/h2-11H,12H2,1H3,(H,16,18). The summed E-state index contributed by atoms with van der Waals surface area (Å²) in [4.78, 5) is 13.1. The molecule has 0 saturated heterocycles. The van der Waals surface area contributed by atoms with E-state index in [1.807, 2.05) is 60.7 Å². The van der Waals surface area contributed by atoms with Crippen molar-refractivity contribution in [2.45, 2.75) is 6.92 Å². The number of benzene rings is 2. The smallest absolute Gasteiger partial charge is 0.218 e. The summed E-state index contributed by atoms with van der Waals surface area (Å²) in [5.41, 5.74) is 2.11. The lowest BCUT2D eigenvalue weighted by atomic mass is 10.2. The second-order valence-corrected chi connectivity index (χ2v) is 3.99. The Labute approximate surface area is 107 Å². The summed E-state index contributed by atoms with van der Waals surface area (Å²) >= 11 is 0. The van der Waals surface area contributed by atoms with E-state index < -0.39 is 0 Å². The largest absolute Gasteiger partial charge is 0.338 e. The maximum atomic E-state index is 11.1. The van der Waals surface area contributed by atoms with Crippen LogP contribution in [0, 0.1) is 0 Å². The summed E-state index contributed by atoms with van der Waals surface area (Å²) in [6.45, 7) is 1.98. The average Bonchev–Trinajstić information content (AvgIpc) is 2.41. The molecule has 0 saturated carbocycles. The van der Waals surface area contributed by atoms with Gasteiger partial charge in [-0.25, -0.2) is 0 Å². The Hall–Kier alpha value is -2.29. The normalized spacial score (nSPS) is 9.83. The minimum absolute atomic E-state index is 0.0353. The third kappa shape index (κ3) is 3.10. The number of anilines is 2. The van der Waals surface area contributed by atoms with Crippen LogP contribution in [0.1, 0.15) is 6.92 Å². The maximum Gasteiger partial charge on any atom is 0.218 e. The molecule has 18 heavy (non-hydrogen) atoms. The molecule has 0 aromatic heterocycles. The highest BCUT2D eigenvalue weighted by molar-refractivity contribution is 5.74. The molecule has 2 aromatic carbocycles. The molecule has 0 heterocycles. The van der Waals surface area contributed by atoms with Crippen molar-refractivity contribution in [2.24, 2.45) is 0 Å². The zero-order valence-electron chi connectivity index (χ0n) is 10.3. The zero-order chi connectivity index (χ0) is 12.8. The quantitative estimate of drug-likeness (QED) is 0.833. The SMILES string of the molecule is CC(=O)NCN(c1ccccc1)c1ccccc1. The van der Waals surface area contributed by atoms with Crippen molar-refractivity contribution in [1.29, 1.82) is 0 Å². The van der Waals surface area contributed by atoms with Gasteiger partial charge < -0.3 is 10.2 Å². The number of nitrogens with zero attached hydrogens (tertiary/aromatic N) is 1. The highest BCUT2D eigenvalue weighted by Gasteiger charge is 2.08. The second kappa shape index (κ2) is 5.87. The lowest BCUT2D eigenvalue weighted by molar-refractivity contribution is -0.118. The molecule has 0 radical (unpaired) electrons. The molecule has 0 atom stereocenters. The van der Waals surface area contributed by atoms with Crippen LogP contribution in [0.2, 0.25) is 0 Å². The monoisotopic (exact) mass is 240 g/mol. The predicted molar refractivity (Wildman–Crippen MR) is 73.7 cm³/mol. The van der Waals surface area contributed by atoms with Gasteiger partial charge in [0.05, 0.1) is 6.67 Å². The van der Waals surface area contributed by atoms with E-state index in [0.29, 0.717) is 6.67 Å². The molecule has 0 bridgehead atoms. The van der Waals surface area contributed by atoms with Crippen molar-refractivity contribution in [3.8, 4) is 0 Å². The third-order valence-electron chi connectivity index (χ3n) is 2.62. The zero-order valence-corrected chi connectivity index (χ0v) is 10.3. The first-order valence-electron chi connectivity index (χ1n) is 5.89. The van der Waals surface area contributed by atoms with Crippen molar-refractivity contribution >= 4 is 17.3 Å². The fraction of sp³-hybridized carbons (Fsp3) is 0.133. The summed E-state index contributed by atoms with van der Waals surface area (Å²) in [7, 11) is 0. The highest BCUT2D eigenvalue weighted by Crippen LogP contribution is 2.23. The number of nitrogens with one attached hydrogen (secondary N) is 1. The first-order chi connectivity index (χ1) is 8.77. The molecule has 92 valence electrons. The lowest BCUT2D eigenvalue weighted by Gasteiger charge is -2.25. The van der Waals surface area contributed by atoms with Crippen LogP contribution in [-0.2, 0) is 4.79 Å². The summed E-state index contributed by atoms with van der Waals surface area (Å²) in [6.07, 6.45) is 0. The molecule has 0 aliphatic heterocycles. The Morgan fingerprint density at radius 2 is 1.39 bits per heavy atom. The van der Waals surface area contributed by atoms with E-state index in [4.69, 9.17) is 0 Å². The third-order valence-corrected chi connectivity index (χ3v) is 2.62. The first kappa shape index (κ1) is 12.2. The number of carbonyl (C=O) groups excluding carboxylic acids is 1. The Morgan fingerprint density at radius 1 is 0.944 bits per heavy atom. The summed E-state index contributed by atoms with van der Waals surface area (Å²) in [6, 6.07) is 20.0. The molecule has 0 aliphatic rings. The number of hydrogen-bond acceptors (Lipinski definition) is 2. The molecule has 0 unspecified atom stereocenters. The van der Waals surface area contributed by atoms with E-state index in [0.717, 1.165) is 11.4 Å². The van der Waals surface area contributed by atoms with Crippen LogP contribution in [0.3, 0.4) is 0 Å².